The molecule has 3 aromatic rings. The molecule has 21 heavy (non-hydrogen) atoms. The minimum Gasteiger partial charge on any atom is -0.367 e. The molecule has 1 N–H and O–H groups in total. The zero-order valence-electron chi connectivity index (χ0n) is 12.6. The Kier molecular flexibility index (Phi) is 2.78. The smallest absolute Gasteiger partial charge is 0.0492 e. The van der Waals surface area contributed by atoms with Crippen LogP contribution in [-0.4, -0.2) is 11.5 Å². The van der Waals surface area contributed by atoms with Crippen LogP contribution in [0.1, 0.15) is 22.4 Å². The van der Waals surface area contributed by atoms with Gasteiger partial charge >= 0.3 is 0 Å². The van der Waals surface area contributed by atoms with Gasteiger partial charge in [0, 0.05) is 47.4 Å². The van der Waals surface area contributed by atoms with Crippen LogP contribution in [0.15, 0.2) is 42.5 Å². The minimum absolute atomic E-state index is 1.00. The molecule has 0 saturated heterocycles. The predicted molar refractivity (Wildman–Crippen MR) is 89.0 cm³/mol. The van der Waals surface area contributed by atoms with Gasteiger partial charge in [-0.25, -0.2) is 0 Å². The zero-order valence-corrected chi connectivity index (χ0v) is 12.6. The topological polar surface area (TPSA) is 19.0 Å². The number of hydrogen-bond acceptors (Lipinski definition) is 1. The maximum Gasteiger partial charge on any atom is 0.0492 e. The van der Waals surface area contributed by atoms with Gasteiger partial charge in [0.05, 0.1) is 0 Å². The Morgan fingerprint density at radius 2 is 1.71 bits per heavy atom. The Hall–Kier alpha value is -2.22. The Morgan fingerprint density at radius 1 is 0.952 bits per heavy atom. The van der Waals surface area contributed by atoms with Gasteiger partial charge < -0.3 is 9.88 Å². The van der Waals surface area contributed by atoms with Crippen LogP contribution in [-0.2, 0) is 13.0 Å². The molecule has 0 bridgehead atoms. The number of fused-ring (bicyclic) bond motifs is 3. The molecule has 2 heteroatoms. The number of H-pyrrole nitrogens is 1. The molecule has 2 nitrogen and oxygen atoms in total. The van der Waals surface area contributed by atoms with Gasteiger partial charge in [-0.05, 0) is 37.1 Å². The van der Waals surface area contributed by atoms with Gasteiger partial charge in [0.2, 0.25) is 0 Å². The number of aromatic nitrogens is 1. The second-order valence-electron chi connectivity index (χ2n) is 6.04. The Balaban J connectivity index is 1.83. The van der Waals surface area contributed by atoms with E-state index in [1.807, 2.05) is 0 Å². The van der Waals surface area contributed by atoms with Crippen molar-refractivity contribution in [2.75, 3.05) is 11.4 Å². The Morgan fingerprint density at radius 3 is 2.52 bits per heavy atom. The molecule has 0 atom stereocenters. The molecule has 2 heterocycles. The first-order chi connectivity index (χ1) is 10.2. The molecular weight excluding hydrogens is 256 g/mol. The van der Waals surface area contributed by atoms with Crippen molar-refractivity contribution in [1.82, 2.24) is 4.98 Å². The second-order valence-corrected chi connectivity index (χ2v) is 6.04. The number of para-hydroxylation sites is 1. The SMILES string of the molecule is Cc1ccc(C)c2c3c([nH]c12)CCN(c1ccccc1)C3. The van der Waals surface area contributed by atoms with E-state index in [-0.39, 0.29) is 0 Å². The summed E-state index contributed by atoms with van der Waals surface area (Å²) in [6.07, 6.45) is 1.10. The lowest BCUT2D eigenvalue weighted by Crippen LogP contribution is -2.29. The third-order valence-corrected chi connectivity index (χ3v) is 4.67. The van der Waals surface area contributed by atoms with Gasteiger partial charge in [0.25, 0.3) is 0 Å². The maximum atomic E-state index is 3.67. The summed E-state index contributed by atoms with van der Waals surface area (Å²) in [6.45, 7) is 6.50. The van der Waals surface area contributed by atoms with E-state index in [0.717, 1.165) is 19.5 Å². The molecule has 2 aromatic carbocycles. The zero-order chi connectivity index (χ0) is 14.4. The average molecular weight is 276 g/mol. The minimum atomic E-state index is 1.00. The molecule has 1 aliphatic heterocycles. The summed E-state index contributed by atoms with van der Waals surface area (Å²) in [5.41, 5.74) is 8.29. The van der Waals surface area contributed by atoms with Crippen LogP contribution in [0.5, 0.6) is 0 Å². The summed E-state index contributed by atoms with van der Waals surface area (Å²) >= 11 is 0. The van der Waals surface area contributed by atoms with Crippen LogP contribution in [0.25, 0.3) is 10.9 Å². The highest BCUT2D eigenvalue weighted by Crippen LogP contribution is 2.33. The number of nitrogens with one attached hydrogen (secondary N) is 1. The molecule has 0 spiro atoms. The number of anilines is 1. The van der Waals surface area contributed by atoms with Crippen LogP contribution in [0, 0.1) is 13.8 Å². The van der Waals surface area contributed by atoms with Crippen molar-refractivity contribution in [2.45, 2.75) is 26.8 Å². The van der Waals surface area contributed by atoms with Crippen molar-refractivity contribution in [3.8, 4) is 0 Å². The van der Waals surface area contributed by atoms with E-state index >= 15 is 0 Å². The number of hydrogen-bond donors (Lipinski definition) is 1. The normalized spacial score (nSPS) is 14.5. The van der Waals surface area contributed by atoms with E-state index in [2.05, 4.69) is 66.2 Å². The number of aryl methyl sites for hydroxylation is 2. The van der Waals surface area contributed by atoms with Crippen LogP contribution < -0.4 is 4.90 Å². The molecule has 106 valence electrons. The van der Waals surface area contributed by atoms with Gasteiger partial charge in [-0.1, -0.05) is 30.3 Å². The van der Waals surface area contributed by atoms with E-state index in [9.17, 15) is 0 Å². The fourth-order valence-electron chi connectivity index (χ4n) is 3.50. The first-order valence-electron chi connectivity index (χ1n) is 7.63. The summed E-state index contributed by atoms with van der Waals surface area (Å²) in [5.74, 6) is 0. The summed E-state index contributed by atoms with van der Waals surface area (Å²) in [6, 6.07) is 15.2. The van der Waals surface area contributed by atoms with Gasteiger partial charge in [0.1, 0.15) is 0 Å². The van der Waals surface area contributed by atoms with Gasteiger partial charge in [-0.15, -0.1) is 0 Å². The highest BCUT2D eigenvalue weighted by atomic mass is 15.1. The highest BCUT2D eigenvalue weighted by molar-refractivity contribution is 5.90. The van der Waals surface area contributed by atoms with Crippen LogP contribution in [0.4, 0.5) is 5.69 Å². The van der Waals surface area contributed by atoms with E-state index in [1.54, 1.807) is 0 Å². The first kappa shape index (κ1) is 12.5. The largest absolute Gasteiger partial charge is 0.367 e. The van der Waals surface area contributed by atoms with E-state index in [4.69, 9.17) is 0 Å². The predicted octanol–water partition coefficient (Wildman–Crippen LogP) is 4.35. The Labute approximate surface area is 125 Å². The molecule has 0 aliphatic carbocycles. The molecule has 0 radical (unpaired) electrons. The quantitative estimate of drug-likeness (QED) is 0.700. The lowest BCUT2D eigenvalue weighted by Gasteiger charge is -2.29. The molecule has 1 aromatic heterocycles. The van der Waals surface area contributed by atoms with E-state index in [0.29, 0.717) is 0 Å². The molecule has 0 saturated carbocycles. The van der Waals surface area contributed by atoms with Crippen molar-refractivity contribution < 1.29 is 0 Å². The summed E-state index contributed by atoms with van der Waals surface area (Å²) < 4.78 is 0. The second kappa shape index (κ2) is 4.66. The third-order valence-electron chi connectivity index (χ3n) is 4.67. The average Bonchev–Trinajstić information content (AvgIpc) is 2.92. The van der Waals surface area contributed by atoms with Crippen LogP contribution >= 0.6 is 0 Å². The van der Waals surface area contributed by atoms with Gasteiger partial charge in [-0.2, -0.15) is 0 Å². The molecule has 0 fully saturated rings. The molecule has 0 amide bonds. The summed E-state index contributed by atoms with van der Waals surface area (Å²) in [5, 5.41) is 1.44. The monoisotopic (exact) mass is 276 g/mol. The summed E-state index contributed by atoms with van der Waals surface area (Å²) in [7, 11) is 0. The number of rotatable bonds is 1. The van der Waals surface area contributed by atoms with Crippen LogP contribution in [0.2, 0.25) is 0 Å². The fourth-order valence-corrected chi connectivity index (χ4v) is 3.50. The van der Waals surface area contributed by atoms with Crippen molar-refractivity contribution in [3.05, 3.63) is 64.8 Å². The van der Waals surface area contributed by atoms with Crippen LogP contribution in [0.3, 0.4) is 0 Å². The van der Waals surface area contributed by atoms with Crippen molar-refractivity contribution in [3.63, 3.8) is 0 Å². The van der Waals surface area contributed by atoms with E-state index in [1.165, 1.54) is 39.0 Å². The number of benzene rings is 2. The molecule has 4 rings (SSSR count). The van der Waals surface area contributed by atoms with Gasteiger partial charge in [0.15, 0.2) is 0 Å². The lowest BCUT2D eigenvalue weighted by molar-refractivity contribution is 0.726. The Bertz CT molecular complexity index is 799. The number of nitrogens with zero attached hydrogens (tertiary/aromatic N) is 1. The number of aromatic amines is 1. The van der Waals surface area contributed by atoms with Crippen molar-refractivity contribution in [1.29, 1.82) is 0 Å². The molecular formula is C19H20N2. The van der Waals surface area contributed by atoms with Crippen molar-refractivity contribution >= 4 is 16.6 Å². The van der Waals surface area contributed by atoms with Crippen molar-refractivity contribution in [2.24, 2.45) is 0 Å². The van der Waals surface area contributed by atoms with E-state index < -0.39 is 0 Å². The third kappa shape index (κ3) is 1.94. The molecule has 0 unspecified atom stereocenters. The maximum absolute atomic E-state index is 3.67. The first-order valence-corrected chi connectivity index (χ1v) is 7.63. The standard InChI is InChI=1S/C19H20N2/c1-13-8-9-14(2)19-18(13)16-12-21(11-10-17(16)20-19)15-6-4-3-5-7-15/h3-9,20H,10-12H2,1-2H3. The molecule has 1 aliphatic rings. The van der Waals surface area contributed by atoms with Gasteiger partial charge in [-0.3, -0.25) is 0 Å². The highest BCUT2D eigenvalue weighted by Gasteiger charge is 2.22. The summed E-state index contributed by atoms with van der Waals surface area (Å²) in [4.78, 5) is 6.15. The fraction of sp³-hybridized carbons (Fsp3) is 0.263. The lowest BCUT2D eigenvalue weighted by atomic mass is 9.99.